The van der Waals surface area contributed by atoms with Gasteiger partial charge in [0.2, 0.25) is 0 Å². The van der Waals surface area contributed by atoms with E-state index in [4.69, 9.17) is 21.3 Å². The molecule has 4 nitrogen and oxygen atoms in total. The Morgan fingerprint density at radius 1 is 1.07 bits per heavy atom. The lowest BCUT2D eigenvalue weighted by molar-refractivity contribution is 0.295. The molecule has 3 rings (SSSR count). The summed E-state index contributed by atoms with van der Waals surface area (Å²) in [6.07, 6.45) is 2.29. The van der Waals surface area contributed by atoms with Crippen molar-refractivity contribution in [3.8, 4) is 5.75 Å². The van der Waals surface area contributed by atoms with Crippen LogP contribution in [0.4, 0.5) is 5.69 Å². The minimum absolute atomic E-state index is 0.363. The Kier molecular flexibility index (Phi) is 6.97. The zero-order chi connectivity index (χ0) is 20.1. The quantitative estimate of drug-likeness (QED) is 0.449. The minimum Gasteiger partial charge on any atom is -0.497 e. The van der Waals surface area contributed by atoms with E-state index in [-0.39, 0.29) is 0 Å². The van der Waals surface area contributed by atoms with Gasteiger partial charge in [0.05, 0.1) is 23.8 Å². The lowest BCUT2D eigenvalue weighted by atomic mass is 10.1. The zero-order valence-electron chi connectivity index (χ0n) is 17.3. The van der Waals surface area contributed by atoms with Crippen molar-refractivity contribution < 1.29 is 4.74 Å². The lowest BCUT2D eigenvalue weighted by Gasteiger charge is -2.22. The predicted octanol–water partition coefficient (Wildman–Crippen LogP) is 5.97. The molecule has 0 bridgehead atoms. The van der Waals surface area contributed by atoms with E-state index in [9.17, 15) is 0 Å². The standard InChI is InChI=1S/C23H30ClN3O/c1-5-27(6-2)13-7-8-16(3)25-23-19-11-9-17(24)14-21(19)26-22-15-18(28-4)10-12-20(22)23/h9-12,14-16H,5-8,13H2,1-4H3,(H,25,26). The van der Waals surface area contributed by atoms with Crippen molar-refractivity contribution in [3.63, 3.8) is 0 Å². The molecule has 1 aromatic heterocycles. The number of aromatic nitrogens is 1. The van der Waals surface area contributed by atoms with Gasteiger partial charge in [0.1, 0.15) is 5.75 Å². The molecule has 0 spiro atoms. The molecule has 5 heteroatoms. The number of methoxy groups -OCH3 is 1. The Bertz CT molecular complexity index is 940. The number of benzene rings is 2. The number of halogens is 1. The van der Waals surface area contributed by atoms with Gasteiger partial charge >= 0.3 is 0 Å². The second-order valence-electron chi connectivity index (χ2n) is 7.25. The molecule has 0 aliphatic carbocycles. The molecular formula is C23H30ClN3O. The molecule has 1 atom stereocenters. The monoisotopic (exact) mass is 399 g/mol. The Labute approximate surface area is 172 Å². The van der Waals surface area contributed by atoms with Gasteiger partial charge in [-0.25, -0.2) is 4.98 Å². The number of fused-ring (bicyclic) bond motifs is 2. The van der Waals surface area contributed by atoms with Gasteiger partial charge in [0, 0.05) is 27.9 Å². The van der Waals surface area contributed by atoms with E-state index < -0.39 is 0 Å². The molecule has 1 unspecified atom stereocenters. The molecule has 3 aromatic rings. The first-order valence-corrected chi connectivity index (χ1v) is 10.5. The first-order valence-electron chi connectivity index (χ1n) is 10.1. The molecule has 1 heterocycles. The van der Waals surface area contributed by atoms with Crippen LogP contribution < -0.4 is 10.1 Å². The van der Waals surface area contributed by atoms with E-state index in [2.05, 4.69) is 43.1 Å². The Morgan fingerprint density at radius 3 is 2.43 bits per heavy atom. The van der Waals surface area contributed by atoms with E-state index in [1.165, 1.54) is 6.42 Å². The zero-order valence-corrected chi connectivity index (χ0v) is 18.0. The Hall–Kier alpha value is -2.04. The maximum Gasteiger partial charge on any atom is 0.121 e. The summed E-state index contributed by atoms with van der Waals surface area (Å²) in [6, 6.07) is 12.3. The van der Waals surface area contributed by atoms with Gasteiger partial charge < -0.3 is 15.0 Å². The highest BCUT2D eigenvalue weighted by Gasteiger charge is 2.13. The fourth-order valence-electron chi connectivity index (χ4n) is 3.66. The normalized spacial score (nSPS) is 12.6. The second-order valence-corrected chi connectivity index (χ2v) is 7.68. The fourth-order valence-corrected chi connectivity index (χ4v) is 3.83. The van der Waals surface area contributed by atoms with Gasteiger partial charge in [-0.05, 0) is 69.7 Å². The van der Waals surface area contributed by atoms with Gasteiger partial charge in [0.25, 0.3) is 0 Å². The summed E-state index contributed by atoms with van der Waals surface area (Å²) in [6.45, 7) is 10.1. The molecule has 0 saturated carbocycles. The van der Waals surface area contributed by atoms with Crippen LogP contribution in [0.15, 0.2) is 36.4 Å². The number of hydrogen-bond donors (Lipinski definition) is 1. The SMILES string of the molecule is CCN(CC)CCCC(C)Nc1c2ccc(Cl)cc2nc2cc(OC)ccc12. The summed E-state index contributed by atoms with van der Waals surface area (Å²) in [4.78, 5) is 7.28. The van der Waals surface area contributed by atoms with Crippen molar-refractivity contribution in [2.75, 3.05) is 32.1 Å². The molecule has 1 N–H and O–H groups in total. The average molecular weight is 400 g/mol. The van der Waals surface area contributed by atoms with Crippen molar-refractivity contribution >= 4 is 39.1 Å². The first kappa shape index (κ1) is 20.7. The molecule has 150 valence electrons. The van der Waals surface area contributed by atoms with Crippen molar-refractivity contribution in [2.45, 2.75) is 39.7 Å². The number of rotatable bonds is 9. The van der Waals surface area contributed by atoms with Crippen LogP contribution in [0.3, 0.4) is 0 Å². The molecular weight excluding hydrogens is 370 g/mol. The number of hydrogen-bond acceptors (Lipinski definition) is 4. The Morgan fingerprint density at radius 2 is 1.75 bits per heavy atom. The number of anilines is 1. The molecule has 28 heavy (non-hydrogen) atoms. The number of pyridine rings is 1. The molecule has 0 aliphatic heterocycles. The highest BCUT2D eigenvalue weighted by molar-refractivity contribution is 6.31. The molecule has 0 fully saturated rings. The third-order valence-electron chi connectivity index (χ3n) is 5.34. The second kappa shape index (κ2) is 9.44. The average Bonchev–Trinajstić information content (AvgIpc) is 2.70. The minimum atomic E-state index is 0.363. The summed E-state index contributed by atoms with van der Waals surface area (Å²) in [7, 11) is 1.68. The van der Waals surface area contributed by atoms with E-state index in [0.29, 0.717) is 11.1 Å². The van der Waals surface area contributed by atoms with Crippen molar-refractivity contribution in [2.24, 2.45) is 0 Å². The molecule has 2 aromatic carbocycles. The van der Waals surface area contributed by atoms with E-state index in [1.54, 1.807) is 7.11 Å². The summed E-state index contributed by atoms with van der Waals surface area (Å²) < 4.78 is 5.38. The smallest absolute Gasteiger partial charge is 0.121 e. The summed E-state index contributed by atoms with van der Waals surface area (Å²) in [5, 5.41) is 6.65. The molecule has 0 saturated heterocycles. The third-order valence-corrected chi connectivity index (χ3v) is 5.58. The van der Waals surface area contributed by atoms with Gasteiger partial charge in [-0.1, -0.05) is 25.4 Å². The summed E-state index contributed by atoms with van der Waals surface area (Å²) in [5.74, 6) is 0.805. The van der Waals surface area contributed by atoms with Crippen LogP contribution in [-0.2, 0) is 0 Å². The van der Waals surface area contributed by atoms with Gasteiger partial charge in [0.15, 0.2) is 0 Å². The van der Waals surface area contributed by atoms with Crippen molar-refractivity contribution in [1.29, 1.82) is 0 Å². The largest absolute Gasteiger partial charge is 0.497 e. The topological polar surface area (TPSA) is 37.4 Å². The van der Waals surface area contributed by atoms with Crippen LogP contribution in [0.1, 0.15) is 33.6 Å². The highest BCUT2D eigenvalue weighted by Crippen LogP contribution is 2.34. The van der Waals surface area contributed by atoms with Crippen molar-refractivity contribution in [3.05, 3.63) is 41.4 Å². The maximum absolute atomic E-state index is 6.22. The third kappa shape index (κ3) is 4.68. The van der Waals surface area contributed by atoms with Crippen LogP contribution in [0.25, 0.3) is 21.8 Å². The van der Waals surface area contributed by atoms with E-state index in [0.717, 1.165) is 59.3 Å². The van der Waals surface area contributed by atoms with E-state index in [1.807, 2.05) is 24.3 Å². The maximum atomic E-state index is 6.22. The van der Waals surface area contributed by atoms with Crippen LogP contribution in [0, 0.1) is 0 Å². The van der Waals surface area contributed by atoms with Crippen LogP contribution in [0.2, 0.25) is 5.02 Å². The van der Waals surface area contributed by atoms with Crippen LogP contribution in [0.5, 0.6) is 5.75 Å². The van der Waals surface area contributed by atoms with Crippen LogP contribution >= 0.6 is 11.6 Å². The lowest BCUT2D eigenvalue weighted by Crippen LogP contribution is -2.25. The number of nitrogens with one attached hydrogen (secondary N) is 1. The van der Waals surface area contributed by atoms with Gasteiger partial charge in [-0.3, -0.25) is 0 Å². The molecule has 0 aliphatic rings. The predicted molar refractivity (Wildman–Crippen MR) is 121 cm³/mol. The summed E-state index contributed by atoms with van der Waals surface area (Å²) in [5.41, 5.74) is 2.92. The van der Waals surface area contributed by atoms with Gasteiger partial charge in [-0.15, -0.1) is 0 Å². The first-order chi connectivity index (χ1) is 13.5. The van der Waals surface area contributed by atoms with E-state index >= 15 is 0 Å². The van der Waals surface area contributed by atoms with Crippen molar-refractivity contribution in [1.82, 2.24) is 9.88 Å². The Balaban J connectivity index is 1.91. The van der Waals surface area contributed by atoms with Crippen LogP contribution in [-0.4, -0.2) is 42.7 Å². The molecule has 0 amide bonds. The number of ether oxygens (including phenoxy) is 1. The molecule has 0 radical (unpaired) electrons. The van der Waals surface area contributed by atoms with Gasteiger partial charge in [-0.2, -0.15) is 0 Å². The number of nitrogens with zero attached hydrogens (tertiary/aromatic N) is 2. The highest BCUT2D eigenvalue weighted by atomic mass is 35.5. The fraction of sp³-hybridized carbons (Fsp3) is 0.435. The summed E-state index contributed by atoms with van der Waals surface area (Å²) >= 11 is 6.22.